The molecule has 0 aromatic heterocycles. The van der Waals surface area contributed by atoms with E-state index >= 15 is 0 Å². The Morgan fingerprint density at radius 3 is 1.47 bits per heavy atom. The van der Waals surface area contributed by atoms with Crippen LogP contribution in [-0.4, -0.2) is 108 Å². The zero-order valence-corrected chi connectivity index (χ0v) is 39.4. The van der Waals surface area contributed by atoms with Crippen LogP contribution in [0.4, 0.5) is 0 Å². The van der Waals surface area contributed by atoms with E-state index in [0.717, 1.165) is 55.0 Å². The molecule has 3 aliphatic rings. The second-order valence-electron chi connectivity index (χ2n) is 22.1. The van der Waals surface area contributed by atoms with E-state index in [4.69, 9.17) is 15.0 Å². The minimum absolute atomic E-state index is 0.0600. The lowest BCUT2D eigenvalue weighted by Crippen LogP contribution is -2.52. The summed E-state index contributed by atoms with van der Waals surface area (Å²) in [6.07, 6.45) is 16.5. The molecule has 0 radical (unpaired) electrons. The standard InChI is InChI=1S/C51H82N6O2/c1-48(2,3)39-29-37(45(58)41(31-39)50(7,8)9)33-53-43-35-55(36-44(43)54-34-38-30-40(49(4,5)6)32-42(46(38)59)51(10,11)12)24-19-17-15-13-14-16-18-20-25-56-27-22-28-57-26-21-23-52-47(56)57/h29-34,43-44,58-59H,13-28,35-36H2,1-12H3. The van der Waals surface area contributed by atoms with Crippen LogP contribution in [0.2, 0.25) is 0 Å². The fourth-order valence-corrected chi connectivity index (χ4v) is 8.81. The van der Waals surface area contributed by atoms with Gasteiger partial charge in [0.25, 0.3) is 0 Å². The van der Waals surface area contributed by atoms with Crippen molar-refractivity contribution in [2.45, 2.75) is 181 Å². The number of aromatic hydroxyl groups is 2. The van der Waals surface area contributed by atoms with Gasteiger partial charge in [0, 0.05) is 80.5 Å². The van der Waals surface area contributed by atoms with Gasteiger partial charge < -0.3 is 20.0 Å². The number of nitrogens with zero attached hydrogens (tertiary/aromatic N) is 6. The molecule has 328 valence electrons. The summed E-state index contributed by atoms with van der Waals surface area (Å²) in [5.41, 5.74) is 5.26. The maximum atomic E-state index is 11.5. The Hall–Kier alpha value is -3.39. The molecular weight excluding hydrogens is 729 g/mol. The van der Waals surface area contributed by atoms with Crippen LogP contribution in [0.5, 0.6) is 11.5 Å². The van der Waals surface area contributed by atoms with Crippen molar-refractivity contribution in [1.82, 2.24) is 14.7 Å². The summed E-state index contributed by atoms with van der Waals surface area (Å²) in [5, 5.41) is 23.1. The SMILES string of the molecule is CC(C)(C)c1cc(C=NC2CN(CCCCCCCCCCN3CCCN4CCCN=C34)CC2N=Cc2cc(C(C)(C)C)cc(C(C)(C)C)c2O)c(O)c(C(C)(C)C)c1. The van der Waals surface area contributed by atoms with Crippen molar-refractivity contribution in [1.29, 1.82) is 0 Å². The normalized spacial score (nSPS) is 20.0. The van der Waals surface area contributed by atoms with Crippen LogP contribution >= 0.6 is 0 Å². The number of likely N-dealkylation sites (tertiary alicyclic amines) is 1. The van der Waals surface area contributed by atoms with E-state index in [1.807, 2.05) is 12.4 Å². The Morgan fingerprint density at radius 1 is 0.576 bits per heavy atom. The molecule has 8 nitrogen and oxygen atoms in total. The summed E-state index contributed by atoms with van der Waals surface area (Å²) in [6.45, 7) is 34.6. The summed E-state index contributed by atoms with van der Waals surface area (Å²) in [7, 11) is 0. The Bertz CT molecular complexity index is 1680. The largest absolute Gasteiger partial charge is 0.507 e. The number of rotatable bonds is 15. The van der Waals surface area contributed by atoms with E-state index in [1.165, 1.54) is 101 Å². The fourth-order valence-electron chi connectivity index (χ4n) is 8.81. The van der Waals surface area contributed by atoms with E-state index in [2.05, 4.69) is 122 Å². The molecule has 3 aliphatic heterocycles. The number of aliphatic imine (C=N–C) groups is 3. The zero-order chi connectivity index (χ0) is 43.2. The van der Waals surface area contributed by atoms with E-state index in [-0.39, 0.29) is 33.7 Å². The van der Waals surface area contributed by atoms with E-state index in [0.29, 0.717) is 11.5 Å². The van der Waals surface area contributed by atoms with Crippen LogP contribution < -0.4 is 0 Å². The first-order valence-corrected chi connectivity index (χ1v) is 23.2. The predicted molar refractivity (Wildman–Crippen MR) is 252 cm³/mol. The van der Waals surface area contributed by atoms with Crippen molar-refractivity contribution in [2.75, 3.05) is 52.4 Å². The molecule has 2 aromatic rings. The number of benzene rings is 2. The van der Waals surface area contributed by atoms with Crippen LogP contribution in [0.15, 0.2) is 39.2 Å². The van der Waals surface area contributed by atoms with Crippen LogP contribution in [0, 0.1) is 0 Å². The first kappa shape index (κ1) is 46.7. The molecule has 0 aliphatic carbocycles. The first-order chi connectivity index (χ1) is 27.6. The lowest BCUT2D eigenvalue weighted by atomic mass is 9.79. The molecule has 3 heterocycles. The minimum Gasteiger partial charge on any atom is -0.507 e. The second kappa shape index (κ2) is 19.5. The van der Waals surface area contributed by atoms with Crippen molar-refractivity contribution in [3.63, 3.8) is 0 Å². The topological polar surface area (TPSA) is 87.3 Å². The Labute approximate surface area is 359 Å². The van der Waals surface area contributed by atoms with Crippen molar-refractivity contribution in [3.8, 4) is 11.5 Å². The molecule has 2 N–H and O–H groups in total. The van der Waals surface area contributed by atoms with Crippen LogP contribution in [0.3, 0.4) is 0 Å². The van der Waals surface area contributed by atoms with Gasteiger partial charge >= 0.3 is 0 Å². The van der Waals surface area contributed by atoms with Gasteiger partial charge in [-0.25, -0.2) is 0 Å². The minimum atomic E-state index is -0.208. The number of hydrogen-bond donors (Lipinski definition) is 2. The number of fused-ring (bicyclic) bond motifs is 1. The Balaban J connectivity index is 1.22. The molecule has 2 aromatic carbocycles. The lowest BCUT2D eigenvalue weighted by molar-refractivity contribution is 0.241. The monoisotopic (exact) mass is 811 g/mol. The molecule has 2 saturated heterocycles. The zero-order valence-electron chi connectivity index (χ0n) is 39.4. The molecule has 0 amide bonds. The van der Waals surface area contributed by atoms with Gasteiger partial charge in [0.2, 0.25) is 0 Å². The molecule has 2 atom stereocenters. The summed E-state index contributed by atoms with van der Waals surface area (Å²) in [4.78, 5) is 22.8. The second-order valence-corrected chi connectivity index (χ2v) is 22.1. The van der Waals surface area contributed by atoms with Gasteiger partial charge in [-0.15, -0.1) is 0 Å². The van der Waals surface area contributed by atoms with Crippen LogP contribution in [-0.2, 0) is 21.7 Å². The number of phenolic OH excluding ortho intramolecular Hbond substituents is 2. The highest BCUT2D eigenvalue weighted by Gasteiger charge is 2.33. The van der Waals surface area contributed by atoms with Crippen molar-refractivity contribution in [2.24, 2.45) is 15.0 Å². The molecular formula is C51H82N6O2. The van der Waals surface area contributed by atoms with Gasteiger partial charge in [0.05, 0.1) is 12.1 Å². The summed E-state index contributed by atoms with van der Waals surface area (Å²) >= 11 is 0. The third-order valence-corrected chi connectivity index (χ3v) is 12.7. The first-order valence-electron chi connectivity index (χ1n) is 23.2. The quantitative estimate of drug-likeness (QED) is 0.138. The molecule has 0 saturated carbocycles. The van der Waals surface area contributed by atoms with Crippen LogP contribution in [0.1, 0.15) is 181 Å². The third-order valence-electron chi connectivity index (χ3n) is 12.7. The smallest absolute Gasteiger partial charge is 0.196 e. The highest BCUT2D eigenvalue weighted by molar-refractivity contribution is 5.86. The van der Waals surface area contributed by atoms with Gasteiger partial charge in [-0.3, -0.25) is 19.9 Å². The summed E-state index contributed by atoms with van der Waals surface area (Å²) < 4.78 is 0. The average Bonchev–Trinajstić information content (AvgIpc) is 3.54. The molecule has 0 bridgehead atoms. The van der Waals surface area contributed by atoms with Crippen molar-refractivity contribution < 1.29 is 10.2 Å². The lowest BCUT2D eigenvalue weighted by Gasteiger charge is -2.41. The van der Waals surface area contributed by atoms with Gasteiger partial charge in [-0.2, -0.15) is 0 Å². The maximum absolute atomic E-state index is 11.5. The van der Waals surface area contributed by atoms with Gasteiger partial charge in [-0.05, 0) is 77.1 Å². The fraction of sp³-hybridized carbons (Fsp3) is 0.706. The molecule has 8 heteroatoms. The molecule has 59 heavy (non-hydrogen) atoms. The van der Waals surface area contributed by atoms with Gasteiger partial charge in [0.1, 0.15) is 11.5 Å². The highest BCUT2D eigenvalue weighted by Crippen LogP contribution is 2.39. The number of hydrogen-bond acceptors (Lipinski definition) is 8. The van der Waals surface area contributed by atoms with Crippen LogP contribution in [0.25, 0.3) is 0 Å². The maximum Gasteiger partial charge on any atom is 0.196 e. The Kier molecular flexibility index (Phi) is 15.5. The number of guanidine groups is 1. The van der Waals surface area contributed by atoms with Crippen molar-refractivity contribution in [3.05, 3.63) is 57.6 Å². The van der Waals surface area contributed by atoms with E-state index in [1.54, 1.807) is 0 Å². The Morgan fingerprint density at radius 2 is 1.02 bits per heavy atom. The molecule has 5 rings (SSSR count). The average molecular weight is 811 g/mol. The summed E-state index contributed by atoms with van der Waals surface area (Å²) in [6, 6.07) is 8.42. The molecule has 0 spiro atoms. The van der Waals surface area contributed by atoms with Gasteiger partial charge in [0.15, 0.2) is 5.96 Å². The number of phenols is 2. The van der Waals surface area contributed by atoms with Gasteiger partial charge in [-0.1, -0.05) is 134 Å². The third kappa shape index (κ3) is 12.8. The molecule has 2 fully saturated rings. The van der Waals surface area contributed by atoms with E-state index in [9.17, 15) is 10.2 Å². The molecule has 2 unspecified atom stereocenters. The van der Waals surface area contributed by atoms with Crippen molar-refractivity contribution >= 4 is 18.4 Å². The highest BCUT2D eigenvalue weighted by atomic mass is 16.3. The van der Waals surface area contributed by atoms with E-state index < -0.39 is 0 Å². The predicted octanol–water partition coefficient (Wildman–Crippen LogP) is 10.8. The summed E-state index contributed by atoms with van der Waals surface area (Å²) in [5.74, 6) is 1.91. The number of unbranched alkanes of at least 4 members (excludes halogenated alkanes) is 7.